The van der Waals surface area contributed by atoms with Gasteiger partial charge in [-0.1, -0.05) is 6.07 Å². The molecular weight excluding hydrogens is 300 g/mol. The van der Waals surface area contributed by atoms with E-state index in [2.05, 4.69) is 32.3 Å². The van der Waals surface area contributed by atoms with Crippen LogP contribution in [-0.4, -0.2) is 46.2 Å². The molecule has 0 amide bonds. The van der Waals surface area contributed by atoms with Crippen molar-refractivity contribution in [2.24, 2.45) is 0 Å². The third-order valence-electron chi connectivity index (χ3n) is 5.15. The molecule has 2 aromatic heterocycles. The molecule has 5 heteroatoms. The molecule has 24 heavy (non-hydrogen) atoms. The van der Waals surface area contributed by atoms with E-state index >= 15 is 0 Å². The highest BCUT2D eigenvalue weighted by Crippen LogP contribution is 2.37. The fourth-order valence-electron chi connectivity index (χ4n) is 3.81. The fraction of sp³-hybridized carbons (Fsp3) is 0.474. The maximum absolute atomic E-state index is 6.24. The second-order valence-electron chi connectivity index (χ2n) is 6.89. The highest BCUT2D eigenvalue weighted by Gasteiger charge is 2.42. The van der Waals surface area contributed by atoms with Crippen molar-refractivity contribution in [3.63, 3.8) is 0 Å². The second-order valence-corrected chi connectivity index (χ2v) is 6.89. The van der Waals surface area contributed by atoms with Gasteiger partial charge in [-0.05, 0) is 49.1 Å². The molecule has 0 aliphatic carbocycles. The Morgan fingerprint density at radius 3 is 2.71 bits per heavy atom. The third-order valence-corrected chi connectivity index (χ3v) is 5.15. The Bertz CT molecular complexity index is 641. The standard InChI is InChI=1S/C19H24N4O/c1-2-8-21-18(3-1)22-17-13-19(24-15-17)6-11-23(12-7-19)14-16-4-9-20-10-5-16/h1-5,8-10,17H,6-7,11-15H2,(H,21,22). The topological polar surface area (TPSA) is 50.3 Å². The van der Waals surface area contributed by atoms with Crippen molar-refractivity contribution in [3.8, 4) is 0 Å². The minimum Gasteiger partial charge on any atom is -0.373 e. The summed E-state index contributed by atoms with van der Waals surface area (Å²) in [5.41, 5.74) is 1.39. The molecule has 1 spiro atoms. The van der Waals surface area contributed by atoms with Crippen molar-refractivity contribution in [2.45, 2.75) is 37.5 Å². The van der Waals surface area contributed by atoms with Gasteiger partial charge in [0.15, 0.2) is 0 Å². The predicted molar refractivity (Wildman–Crippen MR) is 93.7 cm³/mol. The largest absolute Gasteiger partial charge is 0.373 e. The van der Waals surface area contributed by atoms with Gasteiger partial charge in [-0.25, -0.2) is 4.98 Å². The lowest BCUT2D eigenvalue weighted by Gasteiger charge is -2.38. The number of ether oxygens (including phenoxy) is 1. The number of anilines is 1. The van der Waals surface area contributed by atoms with Crippen molar-refractivity contribution in [1.29, 1.82) is 0 Å². The number of hydrogen-bond acceptors (Lipinski definition) is 5. The van der Waals surface area contributed by atoms with E-state index in [4.69, 9.17) is 4.74 Å². The van der Waals surface area contributed by atoms with Crippen LogP contribution in [0.15, 0.2) is 48.9 Å². The molecule has 5 nitrogen and oxygen atoms in total. The van der Waals surface area contributed by atoms with E-state index in [1.165, 1.54) is 5.56 Å². The quantitative estimate of drug-likeness (QED) is 0.937. The van der Waals surface area contributed by atoms with Gasteiger partial charge in [0, 0.05) is 38.2 Å². The number of hydrogen-bond donors (Lipinski definition) is 1. The number of aromatic nitrogens is 2. The van der Waals surface area contributed by atoms with E-state index in [9.17, 15) is 0 Å². The van der Waals surface area contributed by atoms with Crippen LogP contribution < -0.4 is 5.32 Å². The maximum Gasteiger partial charge on any atom is 0.126 e. The summed E-state index contributed by atoms with van der Waals surface area (Å²) in [6.07, 6.45) is 8.86. The SMILES string of the molecule is c1ccc(NC2COC3(CCN(Cc4ccncc4)CC3)C2)nc1. The zero-order valence-corrected chi connectivity index (χ0v) is 13.9. The minimum atomic E-state index is 0.0567. The maximum atomic E-state index is 6.24. The summed E-state index contributed by atoms with van der Waals surface area (Å²) in [5.74, 6) is 0.943. The van der Waals surface area contributed by atoms with Gasteiger partial charge < -0.3 is 10.1 Å². The van der Waals surface area contributed by atoms with E-state index in [-0.39, 0.29) is 5.60 Å². The Kier molecular flexibility index (Phi) is 4.45. The van der Waals surface area contributed by atoms with Gasteiger partial charge >= 0.3 is 0 Å². The van der Waals surface area contributed by atoms with Crippen LogP contribution >= 0.6 is 0 Å². The van der Waals surface area contributed by atoms with Crippen LogP contribution in [0.5, 0.6) is 0 Å². The normalized spacial score (nSPS) is 23.4. The zero-order chi connectivity index (χ0) is 16.2. The average Bonchev–Trinajstić information content (AvgIpc) is 3.01. The van der Waals surface area contributed by atoms with Crippen LogP contribution in [0.25, 0.3) is 0 Å². The number of nitrogens with one attached hydrogen (secondary N) is 1. The van der Waals surface area contributed by atoms with Gasteiger partial charge in [0.2, 0.25) is 0 Å². The van der Waals surface area contributed by atoms with Crippen LogP contribution in [0.2, 0.25) is 0 Å². The molecule has 2 aliphatic heterocycles. The van der Waals surface area contributed by atoms with Crippen LogP contribution in [0.1, 0.15) is 24.8 Å². The third kappa shape index (κ3) is 3.57. The molecule has 1 N–H and O–H groups in total. The second kappa shape index (κ2) is 6.87. The van der Waals surface area contributed by atoms with Crippen LogP contribution in [-0.2, 0) is 11.3 Å². The molecule has 2 fully saturated rings. The molecule has 126 valence electrons. The lowest BCUT2D eigenvalue weighted by Crippen LogP contribution is -2.44. The van der Waals surface area contributed by atoms with E-state index in [1.54, 1.807) is 0 Å². The first kappa shape index (κ1) is 15.5. The molecule has 0 radical (unpaired) electrons. The highest BCUT2D eigenvalue weighted by atomic mass is 16.5. The zero-order valence-electron chi connectivity index (χ0n) is 13.9. The Hall–Kier alpha value is -1.98. The molecule has 0 saturated carbocycles. The Labute approximate surface area is 143 Å². The van der Waals surface area contributed by atoms with Crippen molar-refractivity contribution >= 4 is 5.82 Å². The van der Waals surface area contributed by atoms with Crippen LogP contribution in [0.4, 0.5) is 5.82 Å². The number of nitrogens with zero attached hydrogens (tertiary/aromatic N) is 3. The average molecular weight is 324 g/mol. The van der Waals surface area contributed by atoms with Gasteiger partial charge in [0.05, 0.1) is 18.2 Å². The van der Waals surface area contributed by atoms with E-state index < -0.39 is 0 Å². The van der Waals surface area contributed by atoms with Gasteiger partial charge in [-0.2, -0.15) is 0 Å². The number of piperidine rings is 1. The fourth-order valence-corrected chi connectivity index (χ4v) is 3.81. The van der Waals surface area contributed by atoms with E-state index in [0.29, 0.717) is 6.04 Å². The first-order valence-corrected chi connectivity index (χ1v) is 8.74. The molecule has 0 aromatic carbocycles. The van der Waals surface area contributed by atoms with Crippen LogP contribution in [0, 0.1) is 0 Å². The van der Waals surface area contributed by atoms with E-state index in [1.807, 2.05) is 36.8 Å². The minimum absolute atomic E-state index is 0.0567. The lowest BCUT2D eigenvalue weighted by molar-refractivity contribution is -0.0448. The van der Waals surface area contributed by atoms with Crippen molar-refractivity contribution in [2.75, 3.05) is 25.0 Å². The Morgan fingerprint density at radius 1 is 1.12 bits per heavy atom. The Morgan fingerprint density at radius 2 is 1.96 bits per heavy atom. The molecule has 0 bridgehead atoms. The summed E-state index contributed by atoms with van der Waals surface area (Å²) in [7, 11) is 0. The van der Waals surface area contributed by atoms with Crippen LogP contribution in [0.3, 0.4) is 0 Å². The predicted octanol–water partition coefficient (Wildman–Crippen LogP) is 2.71. The molecule has 4 heterocycles. The molecule has 4 rings (SSSR count). The number of likely N-dealkylation sites (tertiary alicyclic amines) is 1. The summed E-state index contributed by atoms with van der Waals surface area (Å²) in [4.78, 5) is 11.0. The van der Waals surface area contributed by atoms with Crippen molar-refractivity contribution < 1.29 is 4.74 Å². The summed E-state index contributed by atoms with van der Waals surface area (Å²) in [6.45, 7) is 3.98. The molecule has 1 atom stereocenters. The first-order chi connectivity index (χ1) is 11.8. The Balaban J connectivity index is 1.29. The summed E-state index contributed by atoms with van der Waals surface area (Å²) in [6, 6.07) is 10.5. The highest BCUT2D eigenvalue weighted by molar-refractivity contribution is 5.35. The molecule has 2 aliphatic rings. The van der Waals surface area contributed by atoms with E-state index in [0.717, 1.165) is 51.3 Å². The number of rotatable bonds is 4. The monoisotopic (exact) mass is 324 g/mol. The molecule has 2 saturated heterocycles. The van der Waals surface area contributed by atoms with Gasteiger partial charge in [-0.15, -0.1) is 0 Å². The van der Waals surface area contributed by atoms with Crippen molar-refractivity contribution in [1.82, 2.24) is 14.9 Å². The summed E-state index contributed by atoms with van der Waals surface area (Å²) >= 11 is 0. The lowest BCUT2D eigenvalue weighted by atomic mass is 9.87. The summed E-state index contributed by atoms with van der Waals surface area (Å²) < 4.78 is 6.24. The smallest absolute Gasteiger partial charge is 0.126 e. The van der Waals surface area contributed by atoms with Gasteiger partial charge in [0.25, 0.3) is 0 Å². The summed E-state index contributed by atoms with van der Waals surface area (Å²) in [5, 5.41) is 3.51. The molecular formula is C19H24N4O. The van der Waals surface area contributed by atoms with Gasteiger partial charge in [0.1, 0.15) is 5.82 Å². The molecule has 2 aromatic rings. The molecule has 1 unspecified atom stereocenters. The van der Waals surface area contributed by atoms with Gasteiger partial charge in [-0.3, -0.25) is 9.88 Å². The first-order valence-electron chi connectivity index (χ1n) is 8.74. The van der Waals surface area contributed by atoms with Crippen molar-refractivity contribution in [3.05, 3.63) is 54.5 Å². The number of pyridine rings is 2.